The van der Waals surface area contributed by atoms with E-state index in [-0.39, 0.29) is 30.0 Å². The molecule has 1 aromatic carbocycles. The van der Waals surface area contributed by atoms with Gasteiger partial charge < -0.3 is 9.64 Å². The van der Waals surface area contributed by atoms with Crippen LogP contribution in [-0.2, 0) is 9.53 Å². The molecule has 1 aromatic rings. The molecule has 3 aliphatic rings. The van der Waals surface area contributed by atoms with Gasteiger partial charge in [0.1, 0.15) is 17.5 Å². The molecule has 2 aliphatic heterocycles. The van der Waals surface area contributed by atoms with E-state index in [2.05, 4.69) is 5.32 Å². The molecule has 0 radical (unpaired) electrons. The monoisotopic (exact) mass is 290 g/mol. The molecule has 0 aromatic heterocycles. The Hall–Kier alpha value is -1.46. The summed E-state index contributed by atoms with van der Waals surface area (Å²) in [4.78, 5) is 14.6. The minimum Gasteiger partial charge on any atom is -0.376 e. The molecule has 1 spiro atoms. The summed E-state index contributed by atoms with van der Waals surface area (Å²) in [5, 5.41) is 3.38. The maximum absolute atomic E-state index is 14.2. The number of carbonyl (C=O) groups excluding carboxylic acids is 1. The van der Waals surface area contributed by atoms with Crippen molar-refractivity contribution in [1.29, 1.82) is 0 Å². The molecular formula is C16H19FN2O2. The summed E-state index contributed by atoms with van der Waals surface area (Å²) in [6.07, 6.45) is 2.12. The summed E-state index contributed by atoms with van der Waals surface area (Å²) in [5.74, 6) is -0.157. The van der Waals surface area contributed by atoms with Crippen LogP contribution in [0.15, 0.2) is 24.3 Å². The number of nitrogens with zero attached hydrogens (tertiary/aromatic N) is 1. The molecule has 112 valence electrons. The summed E-state index contributed by atoms with van der Waals surface area (Å²) in [6, 6.07) is 6.72. The van der Waals surface area contributed by atoms with Gasteiger partial charge in [0.2, 0.25) is 5.91 Å². The number of ether oxygens (including phenoxy) is 1. The van der Waals surface area contributed by atoms with Crippen LogP contribution >= 0.6 is 0 Å². The van der Waals surface area contributed by atoms with Crippen molar-refractivity contribution in [3.8, 4) is 0 Å². The molecule has 1 aliphatic carbocycles. The smallest absolute Gasteiger partial charge is 0.244 e. The zero-order valence-electron chi connectivity index (χ0n) is 12.0. The van der Waals surface area contributed by atoms with Crippen LogP contribution in [0.1, 0.15) is 37.9 Å². The first-order chi connectivity index (χ1) is 10.1. The SMILES string of the molecule is CC1OCCC1N1C(=O)C2(CC2)NC1c1ccccc1F. The fourth-order valence-corrected chi connectivity index (χ4v) is 3.59. The Morgan fingerprint density at radius 1 is 1.38 bits per heavy atom. The molecule has 4 rings (SSSR count). The largest absolute Gasteiger partial charge is 0.376 e. The highest BCUT2D eigenvalue weighted by Gasteiger charge is 2.61. The maximum atomic E-state index is 14.2. The van der Waals surface area contributed by atoms with Crippen LogP contribution in [-0.4, -0.2) is 35.1 Å². The standard InChI is InChI=1S/C16H19FN2O2/c1-10-13(6-9-21-10)19-14(11-4-2-3-5-12(11)17)18-16(7-8-16)15(19)20/h2-5,10,13-14,18H,6-9H2,1H3. The summed E-state index contributed by atoms with van der Waals surface area (Å²) in [7, 11) is 0. The maximum Gasteiger partial charge on any atom is 0.244 e. The molecule has 1 saturated carbocycles. The number of amides is 1. The molecule has 1 amide bonds. The van der Waals surface area contributed by atoms with E-state index >= 15 is 0 Å². The normalized spacial score (nSPS) is 33.9. The molecule has 3 fully saturated rings. The highest BCUT2D eigenvalue weighted by atomic mass is 19.1. The van der Waals surface area contributed by atoms with Crippen molar-refractivity contribution in [2.45, 2.75) is 50.0 Å². The molecule has 4 nitrogen and oxygen atoms in total. The van der Waals surface area contributed by atoms with E-state index in [9.17, 15) is 9.18 Å². The van der Waals surface area contributed by atoms with Gasteiger partial charge in [0.05, 0.1) is 12.1 Å². The highest BCUT2D eigenvalue weighted by molar-refractivity contribution is 5.92. The van der Waals surface area contributed by atoms with Gasteiger partial charge in [-0.15, -0.1) is 0 Å². The van der Waals surface area contributed by atoms with Gasteiger partial charge in [-0.3, -0.25) is 10.1 Å². The molecular weight excluding hydrogens is 271 g/mol. The average Bonchev–Trinajstić information content (AvgIpc) is 3.06. The number of halogens is 1. The topological polar surface area (TPSA) is 41.6 Å². The lowest BCUT2D eigenvalue weighted by molar-refractivity contribution is -0.134. The van der Waals surface area contributed by atoms with E-state index in [0.29, 0.717) is 12.2 Å². The van der Waals surface area contributed by atoms with E-state index < -0.39 is 5.54 Å². The molecule has 2 saturated heterocycles. The van der Waals surface area contributed by atoms with Gasteiger partial charge in [0.15, 0.2) is 0 Å². The first-order valence-corrected chi connectivity index (χ1v) is 7.59. The van der Waals surface area contributed by atoms with Crippen LogP contribution in [0.5, 0.6) is 0 Å². The third-order valence-electron chi connectivity index (χ3n) is 4.98. The molecule has 3 unspecified atom stereocenters. The zero-order valence-corrected chi connectivity index (χ0v) is 12.0. The number of nitrogens with one attached hydrogen (secondary N) is 1. The second-order valence-corrected chi connectivity index (χ2v) is 6.29. The Labute approximate surface area is 123 Å². The lowest BCUT2D eigenvalue weighted by Crippen LogP contribution is -2.44. The van der Waals surface area contributed by atoms with Gasteiger partial charge in [-0.25, -0.2) is 4.39 Å². The average molecular weight is 290 g/mol. The summed E-state index contributed by atoms with van der Waals surface area (Å²) < 4.78 is 19.8. The van der Waals surface area contributed by atoms with Crippen molar-refractivity contribution in [3.05, 3.63) is 35.6 Å². The van der Waals surface area contributed by atoms with Crippen LogP contribution in [0.4, 0.5) is 4.39 Å². The number of carbonyl (C=O) groups is 1. The summed E-state index contributed by atoms with van der Waals surface area (Å²) in [5.41, 5.74) is 0.101. The van der Waals surface area contributed by atoms with Crippen LogP contribution in [0.3, 0.4) is 0 Å². The number of rotatable bonds is 2. The van der Waals surface area contributed by atoms with Crippen LogP contribution in [0.2, 0.25) is 0 Å². The quantitative estimate of drug-likeness (QED) is 0.905. The van der Waals surface area contributed by atoms with Crippen LogP contribution in [0, 0.1) is 5.82 Å². The first kappa shape index (κ1) is 13.2. The van der Waals surface area contributed by atoms with Crippen molar-refractivity contribution >= 4 is 5.91 Å². The van der Waals surface area contributed by atoms with Crippen LogP contribution in [0.25, 0.3) is 0 Å². The number of benzene rings is 1. The predicted octanol–water partition coefficient (Wildman–Crippen LogP) is 1.97. The zero-order chi connectivity index (χ0) is 14.6. The Morgan fingerprint density at radius 3 is 2.76 bits per heavy atom. The molecule has 5 heteroatoms. The van der Waals surface area contributed by atoms with Crippen LogP contribution < -0.4 is 5.32 Å². The number of hydrogen-bond donors (Lipinski definition) is 1. The molecule has 2 heterocycles. The van der Waals surface area contributed by atoms with Gasteiger partial charge in [-0.2, -0.15) is 0 Å². The first-order valence-electron chi connectivity index (χ1n) is 7.59. The third-order valence-corrected chi connectivity index (χ3v) is 4.98. The number of hydrogen-bond acceptors (Lipinski definition) is 3. The Balaban J connectivity index is 1.74. The Morgan fingerprint density at radius 2 is 2.14 bits per heavy atom. The van der Waals surface area contributed by atoms with Crippen molar-refractivity contribution in [2.24, 2.45) is 0 Å². The second-order valence-electron chi connectivity index (χ2n) is 6.29. The Kier molecular flexibility index (Phi) is 2.84. The van der Waals surface area contributed by atoms with E-state index in [1.54, 1.807) is 12.1 Å². The van der Waals surface area contributed by atoms with Gasteiger partial charge in [-0.1, -0.05) is 18.2 Å². The highest BCUT2D eigenvalue weighted by Crippen LogP contribution is 2.48. The summed E-state index contributed by atoms with van der Waals surface area (Å²) in [6.45, 7) is 2.65. The lowest BCUT2D eigenvalue weighted by Gasteiger charge is -2.32. The van der Waals surface area contributed by atoms with E-state index in [4.69, 9.17) is 4.74 Å². The van der Waals surface area contributed by atoms with Crippen molar-refractivity contribution in [2.75, 3.05) is 6.61 Å². The molecule has 1 N–H and O–H groups in total. The molecule has 21 heavy (non-hydrogen) atoms. The fraction of sp³-hybridized carbons (Fsp3) is 0.562. The van der Waals surface area contributed by atoms with E-state index in [1.807, 2.05) is 17.9 Å². The van der Waals surface area contributed by atoms with Gasteiger partial charge in [-0.05, 0) is 32.3 Å². The van der Waals surface area contributed by atoms with E-state index in [0.717, 1.165) is 19.3 Å². The minimum atomic E-state index is -0.449. The van der Waals surface area contributed by atoms with Crippen molar-refractivity contribution in [1.82, 2.24) is 10.2 Å². The Bertz CT molecular complexity index is 587. The third kappa shape index (κ3) is 1.91. The predicted molar refractivity (Wildman–Crippen MR) is 74.9 cm³/mol. The molecule has 3 atom stereocenters. The van der Waals surface area contributed by atoms with Gasteiger partial charge >= 0.3 is 0 Å². The summed E-state index contributed by atoms with van der Waals surface area (Å²) >= 11 is 0. The van der Waals surface area contributed by atoms with Gasteiger partial charge in [0.25, 0.3) is 0 Å². The van der Waals surface area contributed by atoms with Crippen molar-refractivity contribution < 1.29 is 13.9 Å². The fourth-order valence-electron chi connectivity index (χ4n) is 3.59. The minimum absolute atomic E-state index is 0.000997. The van der Waals surface area contributed by atoms with Crippen molar-refractivity contribution in [3.63, 3.8) is 0 Å². The molecule has 0 bridgehead atoms. The van der Waals surface area contributed by atoms with Gasteiger partial charge in [0, 0.05) is 12.2 Å². The lowest BCUT2D eigenvalue weighted by atomic mass is 10.1. The van der Waals surface area contributed by atoms with E-state index in [1.165, 1.54) is 6.07 Å². The second kappa shape index (κ2) is 4.52.